The summed E-state index contributed by atoms with van der Waals surface area (Å²) in [5, 5.41) is 0. The van der Waals surface area contributed by atoms with Gasteiger partial charge in [-0.25, -0.2) is 9.97 Å². The topological polar surface area (TPSA) is 54.1 Å². The lowest BCUT2D eigenvalue weighted by atomic mass is 10.2. The van der Waals surface area contributed by atoms with Crippen molar-refractivity contribution in [1.82, 2.24) is 19.1 Å². The van der Waals surface area contributed by atoms with Crippen LogP contribution in [-0.4, -0.2) is 32.3 Å². The molecule has 0 saturated heterocycles. The van der Waals surface area contributed by atoms with Crippen LogP contribution in [0.1, 0.15) is 5.56 Å². The second-order valence-electron chi connectivity index (χ2n) is 5.10. The van der Waals surface area contributed by atoms with Gasteiger partial charge >= 0.3 is 0 Å². The molecule has 24 heavy (non-hydrogen) atoms. The minimum Gasteiger partial charge on any atom is -0.488 e. The lowest BCUT2D eigenvalue weighted by Gasteiger charge is -2.13. The van der Waals surface area contributed by atoms with E-state index in [1.807, 2.05) is 39.7 Å². The van der Waals surface area contributed by atoms with Gasteiger partial charge in [-0.1, -0.05) is 5.92 Å². The second kappa shape index (κ2) is 7.88. The quantitative estimate of drug-likeness (QED) is 0.597. The fraction of sp³-hybridized carbons (Fsp3) is 0.222. The standard InChI is InChI=1S/C18H18N4O2/c1-2-16-3-4-17(23-11-9-21-7-5-19-14-21)18(13-16)24-12-10-22-8-6-20-15-22/h1,3-8,13-15H,9-12H2. The van der Waals surface area contributed by atoms with Crippen LogP contribution >= 0.6 is 0 Å². The van der Waals surface area contributed by atoms with Gasteiger partial charge in [-0.05, 0) is 18.2 Å². The van der Waals surface area contributed by atoms with Crippen LogP contribution in [0.25, 0.3) is 0 Å². The summed E-state index contributed by atoms with van der Waals surface area (Å²) in [5.74, 6) is 3.94. The molecular formula is C18H18N4O2. The third-order valence-electron chi connectivity index (χ3n) is 3.44. The van der Waals surface area contributed by atoms with Gasteiger partial charge in [0.2, 0.25) is 0 Å². The predicted octanol–water partition coefficient (Wildman–Crippen LogP) is 2.22. The molecule has 3 rings (SSSR count). The number of terminal acetylenes is 1. The third-order valence-corrected chi connectivity index (χ3v) is 3.44. The summed E-state index contributed by atoms with van der Waals surface area (Å²) >= 11 is 0. The molecule has 0 amide bonds. The van der Waals surface area contributed by atoms with E-state index in [0.29, 0.717) is 37.8 Å². The molecule has 0 aliphatic carbocycles. The zero-order valence-corrected chi connectivity index (χ0v) is 13.2. The molecule has 0 N–H and O–H groups in total. The fourth-order valence-electron chi connectivity index (χ4n) is 2.19. The molecule has 6 nitrogen and oxygen atoms in total. The molecule has 6 heteroatoms. The Balaban J connectivity index is 1.60. The second-order valence-corrected chi connectivity index (χ2v) is 5.10. The van der Waals surface area contributed by atoms with Gasteiger partial charge in [0, 0.05) is 30.4 Å². The van der Waals surface area contributed by atoms with Gasteiger partial charge in [-0.2, -0.15) is 0 Å². The van der Waals surface area contributed by atoms with E-state index in [1.54, 1.807) is 25.0 Å². The van der Waals surface area contributed by atoms with Crippen molar-refractivity contribution in [2.45, 2.75) is 13.1 Å². The van der Waals surface area contributed by atoms with Gasteiger partial charge in [0.05, 0.1) is 25.7 Å². The number of aromatic nitrogens is 4. The van der Waals surface area contributed by atoms with Crippen LogP contribution in [0.3, 0.4) is 0 Å². The molecule has 1 aromatic carbocycles. The van der Waals surface area contributed by atoms with Gasteiger partial charge in [0.15, 0.2) is 11.5 Å². The molecule has 0 aliphatic rings. The largest absolute Gasteiger partial charge is 0.488 e. The van der Waals surface area contributed by atoms with Gasteiger partial charge in [0.1, 0.15) is 13.2 Å². The Kier molecular flexibility index (Phi) is 5.15. The van der Waals surface area contributed by atoms with E-state index in [9.17, 15) is 0 Å². The normalized spacial score (nSPS) is 10.3. The Labute approximate surface area is 140 Å². The highest BCUT2D eigenvalue weighted by Gasteiger charge is 2.07. The van der Waals surface area contributed by atoms with Gasteiger partial charge in [0.25, 0.3) is 0 Å². The van der Waals surface area contributed by atoms with E-state index in [2.05, 4.69) is 15.9 Å². The smallest absolute Gasteiger partial charge is 0.162 e. The van der Waals surface area contributed by atoms with E-state index in [-0.39, 0.29) is 0 Å². The lowest BCUT2D eigenvalue weighted by Crippen LogP contribution is -2.10. The molecule has 2 heterocycles. The Bertz CT molecular complexity index is 789. The van der Waals surface area contributed by atoms with Crippen LogP contribution in [0, 0.1) is 12.3 Å². The first-order valence-corrected chi connectivity index (χ1v) is 7.63. The molecule has 0 fully saturated rings. The van der Waals surface area contributed by atoms with Crippen LogP contribution in [0.15, 0.2) is 55.6 Å². The van der Waals surface area contributed by atoms with Crippen molar-refractivity contribution >= 4 is 0 Å². The Morgan fingerprint density at radius 3 is 2.08 bits per heavy atom. The first-order valence-electron chi connectivity index (χ1n) is 7.63. The van der Waals surface area contributed by atoms with Crippen molar-refractivity contribution in [3.8, 4) is 23.8 Å². The average molecular weight is 322 g/mol. The highest BCUT2D eigenvalue weighted by atomic mass is 16.5. The van der Waals surface area contributed by atoms with Crippen LogP contribution in [0.4, 0.5) is 0 Å². The molecule has 0 aliphatic heterocycles. The number of ether oxygens (including phenoxy) is 2. The zero-order chi connectivity index (χ0) is 16.6. The zero-order valence-electron chi connectivity index (χ0n) is 13.2. The maximum atomic E-state index is 5.85. The van der Waals surface area contributed by atoms with E-state index in [0.717, 1.165) is 5.56 Å². The molecule has 0 unspecified atom stereocenters. The van der Waals surface area contributed by atoms with Gasteiger partial charge in [-0.3, -0.25) is 0 Å². The van der Waals surface area contributed by atoms with E-state index >= 15 is 0 Å². The van der Waals surface area contributed by atoms with Crippen molar-refractivity contribution < 1.29 is 9.47 Å². The van der Waals surface area contributed by atoms with Crippen LogP contribution in [0.2, 0.25) is 0 Å². The highest BCUT2D eigenvalue weighted by molar-refractivity contribution is 5.47. The van der Waals surface area contributed by atoms with Crippen molar-refractivity contribution in [3.05, 3.63) is 61.2 Å². The molecule has 0 saturated carbocycles. The fourth-order valence-corrected chi connectivity index (χ4v) is 2.19. The summed E-state index contributed by atoms with van der Waals surface area (Å²) in [5.41, 5.74) is 0.759. The van der Waals surface area contributed by atoms with E-state index < -0.39 is 0 Å². The molecule has 0 radical (unpaired) electrons. The Hall–Kier alpha value is -3.20. The SMILES string of the molecule is C#Cc1ccc(OCCn2ccnc2)c(OCCn2ccnc2)c1. The molecule has 0 bridgehead atoms. The third kappa shape index (κ3) is 4.17. The van der Waals surface area contributed by atoms with Crippen LogP contribution < -0.4 is 9.47 Å². The Morgan fingerprint density at radius 1 is 0.917 bits per heavy atom. The summed E-state index contributed by atoms with van der Waals surface area (Å²) in [7, 11) is 0. The van der Waals surface area contributed by atoms with Gasteiger partial charge in [-0.15, -0.1) is 6.42 Å². The lowest BCUT2D eigenvalue weighted by molar-refractivity contribution is 0.253. The first kappa shape index (κ1) is 15.7. The summed E-state index contributed by atoms with van der Waals surface area (Å²) in [6.07, 6.45) is 16.3. The van der Waals surface area contributed by atoms with Crippen molar-refractivity contribution in [3.63, 3.8) is 0 Å². The summed E-state index contributed by atoms with van der Waals surface area (Å²) in [6.45, 7) is 2.44. The molecule has 2 aromatic heterocycles. The molecule has 0 spiro atoms. The van der Waals surface area contributed by atoms with Crippen molar-refractivity contribution in [2.24, 2.45) is 0 Å². The molecule has 122 valence electrons. The maximum absolute atomic E-state index is 5.85. The number of benzene rings is 1. The minimum absolute atomic E-state index is 0.502. The minimum atomic E-state index is 0.502. The average Bonchev–Trinajstić information content (AvgIpc) is 3.29. The summed E-state index contributed by atoms with van der Waals surface area (Å²) < 4.78 is 15.6. The van der Waals surface area contributed by atoms with Crippen molar-refractivity contribution in [1.29, 1.82) is 0 Å². The molecule has 3 aromatic rings. The molecular weight excluding hydrogens is 304 g/mol. The van der Waals surface area contributed by atoms with Gasteiger partial charge < -0.3 is 18.6 Å². The number of hydrogen-bond donors (Lipinski definition) is 0. The van der Waals surface area contributed by atoms with Crippen LogP contribution in [-0.2, 0) is 13.1 Å². The predicted molar refractivity (Wildman–Crippen MR) is 89.8 cm³/mol. The maximum Gasteiger partial charge on any atom is 0.162 e. The Morgan fingerprint density at radius 2 is 1.54 bits per heavy atom. The van der Waals surface area contributed by atoms with E-state index in [1.165, 1.54) is 0 Å². The number of hydrogen-bond acceptors (Lipinski definition) is 4. The number of imidazole rings is 2. The number of rotatable bonds is 8. The molecule has 0 atom stereocenters. The van der Waals surface area contributed by atoms with Crippen molar-refractivity contribution in [2.75, 3.05) is 13.2 Å². The summed E-state index contributed by atoms with van der Waals surface area (Å²) in [4.78, 5) is 8.01. The van der Waals surface area contributed by atoms with Crippen LogP contribution in [0.5, 0.6) is 11.5 Å². The first-order chi connectivity index (χ1) is 11.8. The highest BCUT2D eigenvalue weighted by Crippen LogP contribution is 2.28. The summed E-state index contributed by atoms with van der Waals surface area (Å²) in [6, 6.07) is 5.51. The van der Waals surface area contributed by atoms with E-state index in [4.69, 9.17) is 15.9 Å². The number of nitrogens with zero attached hydrogens (tertiary/aromatic N) is 4. The monoisotopic (exact) mass is 322 g/mol.